The summed E-state index contributed by atoms with van der Waals surface area (Å²) in [6, 6.07) is 1.70. The van der Waals surface area contributed by atoms with Gasteiger partial charge in [-0.2, -0.15) is 0 Å². The second-order valence-corrected chi connectivity index (χ2v) is 7.09. The van der Waals surface area contributed by atoms with Crippen LogP contribution in [0.3, 0.4) is 0 Å². The minimum atomic E-state index is -0.712. The number of allylic oxidation sites excluding steroid dienone is 3. The number of rotatable bonds is 8. The van der Waals surface area contributed by atoms with Crippen molar-refractivity contribution in [2.24, 2.45) is 0 Å². The molecule has 0 aromatic carbocycles. The molecule has 3 aromatic rings. The number of aromatic nitrogens is 3. The molecule has 3 rings (SSSR count). The predicted octanol–water partition coefficient (Wildman–Crippen LogP) is 4.63. The van der Waals surface area contributed by atoms with Gasteiger partial charge in [0.05, 0.1) is 16.8 Å². The van der Waals surface area contributed by atoms with Crippen LogP contribution in [-0.2, 0) is 0 Å². The molecule has 0 saturated heterocycles. The summed E-state index contributed by atoms with van der Waals surface area (Å²) in [4.78, 5) is 25.5. The maximum absolute atomic E-state index is 15.5. The Morgan fingerprint density at radius 3 is 2.68 bits per heavy atom. The molecule has 160 valence electrons. The van der Waals surface area contributed by atoms with Crippen molar-refractivity contribution in [3.63, 3.8) is 0 Å². The molecular weight excluding hydrogens is 400 g/mol. The Hall–Kier alpha value is -3.81. The van der Waals surface area contributed by atoms with Crippen molar-refractivity contribution in [2.45, 2.75) is 6.42 Å². The number of hydrogen-bond acceptors (Lipinski definition) is 5. The lowest BCUT2D eigenvalue weighted by atomic mass is 10.0. The molecule has 0 aliphatic heterocycles. The van der Waals surface area contributed by atoms with Crippen LogP contribution in [0.15, 0.2) is 55.8 Å². The van der Waals surface area contributed by atoms with Gasteiger partial charge >= 0.3 is 0 Å². The molecule has 2 N–H and O–H groups in total. The summed E-state index contributed by atoms with van der Waals surface area (Å²) in [5, 5.41) is 3.01. The average Bonchev–Trinajstić information content (AvgIpc) is 3.07. The van der Waals surface area contributed by atoms with Crippen LogP contribution in [0.4, 0.5) is 14.5 Å². The predicted molar refractivity (Wildman–Crippen MR) is 120 cm³/mol. The lowest BCUT2D eigenvalue weighted by Gasteiger charge is -2.19. The van der Waals surface area contributed by atoms with Crippen LogP contribution in [0.25, 0.3) is 27.9 Å². The summed E-state index contributed by atoms with van der Waals surface area (Å²) in [6.07, 6.45) is 7.49. The van der Waals surface area contributed by atoms with Crippen molar-refractivity contribution in [1.29, 1.82) is 0 Å². The molecule has 0 bridgehead atoms. The summed E-state index contributed by atoms with van der Waals surface area (Å²) < 4.78 is 28.9. The molecule has 0 aliphatic rings. The third-order valence-electron chi connectivity index (χ3n) is 4.72. The molecule has 3 aromatic heterocycles. The number of halogens is 2. The van der Waals surface area contributed by atoms with Gasteiger partial charge in [0, 0.05) is 62.8 Å². The average molecular weight is 423 g/mol. The number of H-pyrrole nitrogens is 1. The number of anilines is 1. The standard InChI is InChI=1S/C23H23F2N5O/c1-6-7-18(31)15-9-14(10-27-11-15)16-12-28-23-19(22(16)30(4)5)20(25)21(29-23)17(26-3)8-13(2)24/h6,8-12,26H,1-2,7H2,3-5H3,(H,28,29)/b17-8+. The van der Waals surface area contributed by atoms with E-state index in [9.17, 15) is 9.18 Å². The number of Topliss-reactive ketones (excluding diaryl/α,β-unsaturated/α-hetero) is 1. The van der Waals surface area contributed by atoms with Gasteiger partial charge in [0.2, 0.25) is 0 Å². The van der Waals surface area contributed by atoms with Crippen LogP contribution in [0.1, 0.15) is 22.5 Å². The maximum Gasteiger partial charge on any atom is 0.168 e. The van der Waals surface area contributed by atoms with Crippen molar-refractivity contribution < 1.29 is 13.6 Å². The molecule has 31 heavy (non-hydrogen) atoms. The van der Waals surface area contributed by atoms with Gasteiger partial charge in [-0.3, -0.25) is 9.78 Å². The van der Waals surface area contributed by atoms with E-state index in [2.05, 4.69) is 33.4 Å². The zero-order chi connectivity index (χ0) is 22.7. The second kappa shape index (κ2) is 8.91. The number of hydrogen-bond donors (Lipinski definition) is 2. The number of carbonyl (C=O) groups is 1. The third kappa shape index (κ3) is 4.23. The van der Waals surface area contributed by atoms with Crippen molar-refractivity contribution >= 4 is 28.2 Å². The lowest BCUT2D eigenvalue weighted by Crippen LogP contribution is -2.11. The van der Waals surface area contributed by atoms with Crippen molar-refractivity contribution in [1.82, 2.24) is 20.3 Å². The summed E-state index contributed by atoms with van der Waals surface area (Å²) >= 11 is 0. The highest BCUT2D eigenvalue weighted by Gasteiger charge is 2.23. The van der Waals surface area contributed by atoms with Crippen LogP contribution < -0.4 is 10.2 Å². The topological polar surface area (TPSA) is 73.9 Å². The number of fused-ring (bicyclic) bond motifs is 1. The minimum absolute atomic E-state index is 0.0667. The highest BCUT2D eigenvalue weighted by molar-refractivity contribution is 6.02. The largest absolute Gasteiger partial charge is 0.386 e. The SMILES string of the molecule is C=CCC(=O)c1cncc(-c2cnc3[nH]c(/C(=C\C(=C)F)NC)c(F)c3c2N(C)C)c1. The van der Waals surface area contributed by atoms with E-state index in [0.717, 1.165) is 6.08 Å². The molecule has 0 unspecified atom stereocenters. The molecule has 0 atom stereocenters. The van der Waals surface area contributed by atoms with Crippen molar-refractivity contribution in [3.8, 4) is 11.1 Å². The zero-order valence-corrected chi connectivity index (χ0v) is 17.6. The van der Waals surface area contributed by atoms with Gasteiger partial charge in [-0.1, -0.05) is 12.7 Å². The van der Waals surface area contributed by atoms with E-state index in [1.807, 2.05) is 0 Å². The Kier molecular flexibility index (Phi) is 6.29. The number of pyridine rings is 2. The molecule has 0 saturated carbocycles. The Morgan fingerprint density at radius 1 is 1.32 bits per heavy atom. The van der Waals surface area contributed by atoms with Gasteiger partial charge in [0.25, 0.3) is 0 Å². The van der Waals surface area contributed by atoms with E-state index < -0.39 is 11.6 Å². The van der Waals surface area contributed by atoms with E-state index in [0.29, 0.717) is 28.0 Å². The summed E-state index contributed by atoms with van der Waals surface area (Å²) in [6.45, 7) is 6.79. The van der Waals surface area contributed by atoms with E-state index in [4.69, 9.17) is 0 Å². The van der Waals surface area contributed by atoms with Gasteiger partial charge in [0.15, 0.2) is 11.6 Å². The van der Waals surface area contributed by atoms with Gasteiger partial charge in [-0.05, 0) is 12.1 Å². The van der Waals surface area contributed by atoms with Crippen LogP contribution >= 0.6 is 0 Å². The molecule has 0 amide bonds. The highest BCUT2D eigenvalue weighted by Crippen LogP contribution is 2.38. The van der Waals surface area contributed by atoms with Gasteiger partial charge < -0.3 is 15.2 Å². The van der Waals surface area contributed by atoms with Crippen LogP contribution in [0.2, 0.25) is 0 Å². The normalized spacial score (nSPS) is 11.5. The molecule has 6 nitrogen and oxygen atoms in total. The Balaban J connectivity index is 2.26. The number of nitrogens with one attached hydrogen (secondary N) is 2. The first-order chi connectivity index (χ1) is 14.8. The first-order valence-corrected chi connectivity index (χ1v) is 9.49. The molecule has 0 fully saturated rings. The first kappa shape index (κ1) is 21.9. The van der Waals surface area contributed by atoms with Crippen LogP contribution in [-0.4, -0.2) is 41.9 Å². The number of ketones is 1. The molecule has 8 heteroatoms. The molecule has 0 radical (unpaired) electrons. The Morgan fingerprint density at radius 2 is 2.06 bits per heavy atom. The highest BCUT2D eigenvalue weighted by atomic mass is 19.1. The quantitative estimate of drug-likeness (QED) is 0.314. The van der Waals surface area contributed by atoms with Gasteiger partial charge in [-0.15, -0.1) is 6.58 Å². The summed E-state index contributed by atoms with van der Waals surface area (Å²) in [5.74, 6) is -1.41. The second-order valence-electron chi connectivity index (χ2n) is 7.09. The monoisotopic (exact) mass is 423 g/mol. The first-order valence-electron chi connectivity index (χ1n) is 9.49. The van der Waals surface area contributed by atoms with E-state index in [1.54, 1.807) is 44.5 Å². The maximum atomic E-state index is 15.5. The molecule has 3 heterocycles. The fourth-order valence-electron chi connectivity index (χ4n) is 3.38. The van der Waals surface area contributed by atoms with Gasteiger partial charge in [-0.25, -0.2) is 13.8 Å². The summed E-state index contributed by atoms with van der Waals surface area (Å²) in [7, 11) is 5.12. The molecular formula is C23H23F2N5O. The Labute approximate surface area is 179 Å². The smallest absolute Gasteiger partial charge is 0.168 e. The number of nitrogens with zero attached hydrogens (tertiary/aromatic N) is 3. The van der Waals surface area contributed by atoms with Crippen molar-refractivity contribution in [2.75, 3.05) is 26.0 Å². The third-order valence-corrected chi connectivity index (χ3v) is 4.72. The van der Waals surface area contributed by atoms with E-state index in [-0.39, 0.29) is 29.0 Å². The molecule has 0 aliphatic carbocycles. The van der Waals surface area contributed by atoms with Gasteiger partial charge in [0.1, 0.15) is 17.2 Å². The minimum Gasteiger partial charge on any atom is -0.386 e. The fraction of sp³-hybridized carbons (Fsp3) is 0.174. The van der Waals surface area contributed by atoms with E-state index in [1.165, 1.54) is 12.3 Å². The Bertz CT molecular complexity index is 1210. The van der Waals surface area contributed by atoms with Crippen molar-refractivity contribution in [3.05, 3.63) is 72.9 Å². The molecule has 0 spiro atoms. The fourth-order valence-corrected chi connectivity index (χ4v) is 3.38. The van der Waals surface area contributed by atoms with E-state index >= 15 is 4.39 Å². The van der Waals surface area contributed by atoms with Crippen LogP contribution in [0.5, 0.6) is 0 Å². The zero-order valence-electron chi connectivity index (χ0n) is 17.6. The number of carbonyl (C=O) groups excluding carboxylic acids is 1. The number of aromatic amines is 1. The van der Waals surface area contributed by atoms with Crippen LogP contribution in [0, 0.1) is 5.82 Å². The lowest BCUT2D eigenvalue weighted by molar-refractivity contribution is 0.0995. The summed E-state index contributed by atoms with van der Waals surface area (Å²) in [5.41, 5.74) is 2.78.